The molecule has 1 saturated heterocycles. The normalized spacial score (nSPS) is 13.7. The molecule has 1 amide bonds. The second-order valence-electron chi connectivity index (χ2n) is 8.36. The predicted octanol–water partition coefficient (Wildman–Crippen LogP) is 3.81. The first-order chi connectivity index (χ1) is 16.0. The average Bonchev–Trinajstić information content (AvgIpc) is 2.83. The van der Waals surface area contributed by atoms with Gasteiger partial charge < -0.3 is 19.3 Å². The van der Waals surface area contributed by atoms with Gasteiger partial charge in [0.15, 0.2) is 12.4 Å². The molecule has 0 aliphatic carbocycles. The van der Waals surface area contributed by atoms with Gasteiger partial charge in [0.2, 0.25) is 0 Å². The summed E-state index contributed by atoms with van der Waals surface area (Å²) in [4.78, 5) is 16.7. The van der Waals surface area contributed by atoms with Crippen LogP contribution in [0.1, 0.15) is 16.7 Å². The zero-order chi connectivity index (χ0) is 23.4. The van der Waals surface area contributed by atoms with Gasteiger partial charge in [-0.3, -0.25) is 4.79 Å². The fraction of sp³-hybridized carbons (Fsp3) is 0.346. The number of hydrogen-bond acceptors (Lipinski definition) is 6. The lowest BCUT2D eigenvalue weighted by Gasteiger charge is -2.35. The third kappa shape index (κ3) is 5.08. The number of piperazine rings is 1. The number of aromatic nitrogens is 2. The van der Waals surface area contributed by atoms with Gasteiger partial charge >= 0.3 is 0 Å². The van der Waals surface area contributed by atoms with Crippen molar-refractivity contribution in [2.24, 2.45) is 0 Å². The van der Waals surface area contributed by atoms with E-state index in [1.807, 2.05) is 55.1 Å². The van der Waals surface area contributed by atoms with Gasteiger partial charge in [0.1, 0.15) is 11.5 Å². The number of aryl methyl sites for hydroxylation is 3. The van der Waals surface area contributed by atoms with Crippen molar-refractivity contribution in [1.82, 2.24) is 15.1 Å². The number of carbonyl (C=O) groups is 1. The maximum atomic E-state index is 12.7. The smallest absolute Gasteiger partial charge is 0.260 e. The molecular weight excluding hydrogens is 416 g/mol. The summed E-state index contributed by atoms with van der Waals surface area (Å²) in [6.07, 6.45) is 0. The molecule has 1 aliphatic heterocycles. The number of amides is 1. The van der Waals surface area contributed by atoms with Gasteiger partial charge in [-0.1, -0.05) is 29.8 Å². The maximum absolute atomic E-state index is 12.7. The molecule has 1 fully saturated rings. The minimum absolute atomic E-state index is 0.00614. The van der Waals surface area contributed by atoms with E-state index in [0.717, 1.165) is 39.7 Å². The Balaban J connectivity index is 1.33. The van der Waals surface area contributed by atoms with Gasteiger partial charge in [-0.2, -0.15) is 0 Å². The number of nitrogens with zero attached hydrogens (tertiary/aromatic N) is 4. The molecule has 1 aliphatic rings. The number of benzene rings is 2. The Hall–Kier alpha value is -3.61. The van der Waals surface area contributed by atoms with Crippen LogP contribution in [0.3, 0.4) is 0 Å². The van der Waals surface area contributed by atoms with E-state index in [9.17, 15) is 4.79 Å². The van der Waals surface area contributed by atoms with E-state index in [0.29, 0.717) is 26.2 Å². The Labute approximate surface area is 195 Å². The van der Waals surface area contributed by atoms with Crippen LogP contribution in [0, 0.1) is 20.8 Å². The maximum Gasteiger partial charge on any atom is 0.260 e. The van der Waals surface area contributed by atoms with Crippen LogP contribution in [-0.4, -0.2) is 60.9 Å². The Morgan fingerprint density at radius 3 is 2.27 bits per heavy atom. The highest BCUT2D eigenvalue weighted by Gasteiger charge is 2.23. The summed E-state index contributed by atoms with van der Waals surface area (Å²) in [5, 5.41) is 8.82. The van der Waals surface area contributed by atoms with Crippen LogP contribution in [0.25, 0.3) is 11.3 Å². The first-order valence-corrected chi connectivity index (χ1v) is 11.2. The second kappa shape index (κ2) is 9.90. The Morgan fingerprint density at radius 1 is 0.939 bits per heavy atom. The number of ether oxygens (including phenoxy) is 2. The standard InChI is InChI=1S/C26H30N4O3/c1-18-15-19(2)26(20(3)16-18)33-17-25(31)30-13-11-29(12-14-30)24-10-9-22(27-28-24)21-7-5-6-8-23(21)32-4/h5-10,15-16H,11-14,17H2,1-4H3. The molecule has 0 radical (unpaired) electrons. The van der Waals surface area contributed by atoms with Crippen molar-refractivity contribution in [3.63, 3.8) is 0 Å². The number of rotatable bonds is 6. The Bertz CT molecular complexity index is 1100. The molecule has 0 atom stereocenters. The summed E-state index contributed by atoms with van der Waals surface area (Å²) in [6.45, 7) is 8.81. The average molecular weight is 447 g/mol. The molecule has 1 aromatic heterocycles. The second-order valence-corrected chi connectivity index (χ2v) is 8.36. The molecule has 2 aromatic carbocycles. The number of anilines is 1. The number of para-hydroxylation sites is 1. The molecule has 0 N–H and O–H groups in total. The molecular formula is C26H30N4O3. The summed E-state index contributed by atoms with van der Waals surface area (Å²) in [6, 6.07) is 15.8. The summed E-state index contributed by atoms with van der Waals surface area (Å²) in [5.74, 6) is 2.39. The summed E-state index contributed by atoms with van der Waals surface area (Å²) in [5.41, 5.74) is 4.98. The molecule has 3 aromatic rings. The van der Waals surface area contributed by atoms with Crippen molar-refractivity contribution >= 4 is 11.7 Å². The topological polar surface area (TPSA) is 67.8 Å². The van der Waals surface area contributed by atoms with Crippen LogP contribution in [0.5, 0.6) is 11.5 Å². The fourth-order valence-electron chi connectivity index (χ4n) is 4.30. The van der Waals surface area contributed by atoms with Gasteiger partial charge in [-0.15, -0.1) is 10.2 Å². The first kappa shape index (κ1) is 22.6. The molecule has 33 heavy (non-hydrogen) atoms. The van der Waals surface area contributed by atoms with E-state index in [4.69, 9.17) is 9.47 Å². The van der Waals surface area contributed by atoms with E-state index >= 15 is 0 Å². The van der Waals surface area contributed by atoms with Gasteiger partial charge in [0, 0.05) is 31.7 Å². The summed E-state index contributed by atoms with van der Waals surface area (Å²) >= 11 is 0. The molecule has 172 valence electrons. The molecule has 7 nitrogen and oxygen atoms in total. The summed E-state index contributed by atoms with van der Waals surface area (Å²) in [7, 11) is 1.65. The van der Waals surface area contributed by atoms with Crippen LogP contribution in [-0.2, 0) is 4.79 Å². The van der Waals surface area contributed by atoms with Crippen LogP contribution < -0.4 is 14.4 Å². The monoisotopic (exact) mass is 446 g/mol. The van der Waals surface area contributed by atoms with Gasteiger partial charge in [0.05, 0.1) is 12.8 Å². The molecule has 0 saturated carbocycles. The molecule has 4 rings (SSSR count). The minimum Gasteiger partial charge on any atom is -0.496 e. The van der Waals surface area contributed by atoms with Crippen molar-refractivity contribution in [1.29, 1.82) is 0 Å². The van der Waals surface area contributed by atoms with Crippen molar-refractivity contribution in [3.05, 3.63) is 65.2 Å². The van der Waals surface area contributed by atoms with Crippen LogP contribution in [0.15, 0.2) is 48.5 Å². The first-order valence-electron chi connectivity index (χ1n) is 11.2. The minimum atomic E-state index is 0.00614. The number of hydrogen-bond donors (Lipinski definition) is 0. The zero-order valence-electron chi connectivity index (χ0n) is 19.7. The predicted molar refractivity (Wildman–Crippen MR) is 129 cm³/mol. The van der Waals surface area contributed by atoms with Crippen LogP contribution in [0.2, 0.25) is 0 Å². The van der Waals surface area contributed by atoms with Crippen molar-refractivity contribution in [2.75, 3.05) is 44.8 Å². The lowest BCUT2D eigenvalue weighted by atomic mass is 10.1. The molecule has 0 bridgehead atoms. The number of methoxy groups -OCH3 is 1. The third-order valence-corrected chi connectivity index (χ3v) is 5.93. The van der Waals surface area contributed by atoms with E-state index in [2.05, 4.69) is 34.2 Å². The van der Waals surface area contributed by atoms with Gasteiger partial charge in [-0.25, -0.2) is 0 Å². The number of carbonyl (C=O) groups excluding carboxylic acids is 1. The quantitative estimate of drug-likeness (QED) is 0.574. The highest BCUT2D eigenvalue weighted by atomic mass is 16.5. The fourth-order valence-corrected chi connectivity index (χ4v) is 4.30. The lowest BCUT2D eigenvalue weighted by Crippen LogP contribution is -2.50. The highest BCUT2D eigenvalue weighted by Crippen LogP contribution is 2.28. The van der Waals surface area contributed by atoms with E-state index < -0.39 is 0 Å². The highest BCUT2D eigenvalue weighted by molar-refractivity contribution is 5.78. The largest absolute Gasteiger partial charge is 0.496 e. The molecule has 7 heteroatoms. The van der Waals surface area contributed by atoms with Crippen LogP contribution in [0.4, 0.5) is 5.82 Å². The van der Waals surface area contributed by atoms with Crippen LogP contribution >= 0.6 is 0 Å². The Morgan fingerprint density at radius 2 is 1.64 bits per heavy atom. The summed E-state index contributed by atoms with van der Waals surface area (Å²) < 4.78 is 11.3. The van der Waals surface area contributed by atoms with Gasteiger partial charge in [0.25, 0.3) is 5.91 Å². The zero-order valence-corrected chi connectivity index (χ0v) is 19.7. The third-order valence-electron chi connectivity index (χ3n) is 5.93. The van der Waals surface area contributed by atoms with E-state index in [-0.39, 0.29) is 12.5 Å². The van der Waals surface area contributed by atoms with E-state index in [1.165, 1.54) is 5.56 Å². The molecule has 2 heterocycles. The van der Waals surface area contributed by atoms with E-state index in [1.54, 1.807) is 7.11 Å². The van der Waals surface area contributed by atoms with Crippen molar-refractivity contribution in [3.8, 4) is 22.8 Å². The molecule has 0 unspecified atom stereocenters. The lowest BCUT2D eigenvalue weighted by molar-refractivity contribution is -0.133. The SMILES string of the molecule is COc1ccccc1-c1ccc(N2CCN(C(=O)COc3c(C)cc(C)cc3C)CC2)nn1. The molecule has 0 spiro atoms. The van der Waals surface area contributed by atoms with Crippen molar-refractivity contribution < 1.29 is 14.3 Å². The van der Waals surface area contributed by atoms with Gasteiger partial charge in [-0.05, 0) is 56.2 Å². The Kier molecular flexibility index (Phi) is 6.77. The van der Waals surface area contributed by atoms with Crippen molar-refractivity contribution in [2.45, 2.75) is 20.8 Å².